The molecule has 0 saturated carbocycles. The number of pyridine rings is 1. The lowest BCUT2D eigenvalue weighted by Crippen LogP contribution is -2.05. The maximum atomic E-state index is 11.0. The van der Waals surface area contributed by atoms with Gasteiger partial charge >= 0.3 is 0 Å². The molecule has 1 N–H and O–H groups in total. The highest BCUT2D eigenvalue weighted by atomic mass is 16.1. The van der Waals surface area contributed by atoms with Crippen LogP contribution in [-0.4, -0.2) is 20.7 Å². The molecule has 0 radical (unpaired) electrons. The highest BCUT2D eigenvalue weighted by Gasteiger charge is 2.07. The molecule has 0 fully saturated rings. The van der Waals surface area contributed by atoms with Gasteiger partial charge in [-0.1, -0.05) is 0 Å². The molecule has 5 heteroatoms. The highest BCUT2D eigenvalue weighted by Crippen LogP contribution is 2.23. The van der Waals surface area contributed by atoms with E-state index in [2.05, 4.69) is 15.4 Å². The van der Waals surface area contributed by atoms with Gasteiger partial charge in [-0.05, 0) is 13.0 Å². The summed E-state index contributed by atoms with van der Waals surface area (Å²) in [7, 11) is 1.88. The van der Waals surface area contributed by atoms with Gasteiger partial charge < -0.3 is 5.32 Å². The fraction of sp³-hybridized carbons (Fsp3) is 0.250. The zero-order chi connectivity index (χ0) is 12.4. The molecule has 1 amide bonds. The Labute approximate surface area is 99.5 Å². The molecule has 0 atom stereocenters. The number of carbonyl (C=O) groups is 1. The summed E-state index contributed by atoms with van der Waals surface area (Å²) < 4.78 is 1.76. The first-order chi connectivity index (χ1) is 8.06. The van der Waals surface area contributed by atoms with E-state index in [-0.39, 0.29) is 5.91 Å². The third kappa shape index (κ3) is 2.50. The second kappa shape index (κ2) is 4.37. The summed E-state index contributed by atoms with van der Waals surface area (Å²) in [6.07, 6.45) is 5.32. The van der Waals surface area contributed by atoms with Gasteiger partial charge in [0.2, 0.25) is 5.91 Å². The maximum Gasteiger partial charge on any atom is 0.221 e. The van der Waals surface area contributed by atoms with Crippen LogP contribution in [0.3, 0.4) is 0 Å². The molecular formula is C12H14N4O. The van der Waals surface area contributed by atoms with Crippen molar-refractivity contribution in [2.24, 2.45) is 7.05 Å². The third-order valence-corrected chi connectivity index (χ3v) is 2.38. The van der Waals surface area contributed by atoms with Gasteiger partial charge in [-0.25, -0.2) is 0 Å². The standard InChI is InChI=1S/C12H14N4O/c1-8-12(7-16(3)15-8)10-4-11(6-13-5-10)14-9(2)17/h4-7H,1-3H3,(H,14,17). The third-order valence-electron chi connectivity index (χ3n) is 2.38. The number of hydrogen-bond acceptors (Lipinski definition) is 3. The zero-order valence-electron chi connectivity index (χ0n) is 10.1. The van der Waals surface area contributed by atoms with Crippen LogP contribution in [0.1, 0.15) is 12.6 Å². The summed E-state index contributed by atoms with van der Waals surface area (Å²) in [6.45, 7) is 3.42. The van der Waals surface area contributed by atoms with Gasteiger partial charge in [-0.3, -0.25) is 14.5 Å². The minimum absolute atomic E-state index is 0.105. The number of aromatic nitrogens is 3. The largest absolute Gasteiger partial charge is 0.325 e. The van der Waals surface area contributed by atoms with Crippen LogP contribution in [0.4, 0.5) is 5.69 Å². The Kier molecular flexibility index (Phi) is 2.91. The predicted octanol–water partition coefficient (Wildman–Crippen LogP) is 1.75. The fourth-order valence-electron chi connectivity index (χ4n) is 1.74. The lowest BCUT2D eigenvalue weighted by Gasteiger charge is -2.04. The number of nitrogens with one attached hydrogen (secondary N) is 1. The van der Waals surface area contributed by atoms with Gasteiger partial charge in [0.05, 0.1) is 17.6 Å². The number of aryl methyl sites for hydroxylation is 2. The lowest BCUT2D eigenvalue weighted by atomic mass is 10.1. The summed E-state index contributed by atoms with van der Waals surface area (Å²) in [5.41, 5.74) is 3.60. The van der Waals surface area contributed by atoms with E-state index in [1.165, 1.54) is 6.92 Å². The molecule has 2 rings (SSSR count). The van der Waals surface area contributed by atoms with Gasteiger partial charge in [0.25, 0.3) is 0 Å². The number of anilines is 1. The average molecular weight is 230 g/mol. The topological polar surface area (TPSA) is 59.8 Å². The number of rotatable bonds is 2. The van der Waals surface area contributed by atoms with E-state index in [4.69, 9.17) is 0 Å². The molecule has 0 spiro atoms. The normalized spacial score (nSPS) is 10.3. The molecule has 0 aliphatic rings. The van der Waals surface area contributed by atoms with Crippen molar-refractivity contribution in [1.29, 1.82) is 0 Å². The van der Waals surface area contributed by atoms with Crippen LogP contribution < -0.4 is 5.32 Å². The monoisotopic (exact) mass is 230 g/mol. The van der Waals surface area contributed by atoms with Crippen molar-refractivity contribution < 1.29 is 4.79 Å². The minimum Gasteiger partial charge on any atom is -0.325 e. The first-order valence-electron chi connectivity index (χ1n) is 5.29. The van der Waals surface area contributed by atoms with Gasteiger partial charge in [-0.2, -0.15) is 5.10 Å². The quantitative estimate of drug-likeness (QED) is 0.855. The van der Waals surface area contributed by atoms with Crippen LogP contribution in [0.2, 0.25) is 0 Å². The predicted molar refractivity (Wildman–Crippen MR) is 65.5 cm³/mol. The molecule has 5 nitrogen and oxygen atoms in total. The van der Waals surface area contributed by atoms with Gasteiger partial charge in [0.1, 0.15) is 0 Å². The Morgan fingerprint density at radius 1 is 1.41 bits per heavy atom. The lowest BCUT2D eigenvalue weighted by molar-refractivity contribution is -0.114. The maximum absolute atomic E-state index is 11.0. The Hall–Kier alpha value is -2.17. The number of hydrogen-bond donors (Lipinski definition) is 1. The molecule has 2 aromatic rings. The molecule has 17 heavy (non-hydrogen) atoms. The van der Waals surface area contributed by atoms with Crippen molar-refractivity contribution in [2.75, 3.05) is 5.32 Å². The second-order valence-electron chi connectivity index (χ2n) is 3.95. The SMILES string of the molecule is CC(=O)Nc1cncc(-c2cn(C)nc2C)c1. The average Bonchev–Trinajstić information content (AvgIpc) is 2.57. The molecule has 0 bridgehead atoms. The second-order valence-corrected chi connectivity index (χ2v) is 3.95. The van der Waals surface area contributed by atoms with Crippen LogP contribution in [0.25, 0.3) is 11.1 Å². The Bertz CT molecular complexity index is 559. The van der Waals surface area contributed by atoms with Gasteiger partial charge in [-0.15, -0.1) is 0 Å². The van der Waals surface area contributed by atoms with E-state index in [0.717, 1.165) is 16.8 Å². The fourth-order valence-corrected chi connectivity index (χ4v) is 1.74. The van der Waals surface area contributed by atoms with Crippen LogP contribution in [0, 0.1) is 6.92 Å². The van der Waals surface area contributed by atoms with Crippen LogP contribution in [-0.2, 0) is 11.8 Å². The Morgan fingerprint density at radius 3 is 2.76 bits per heavy atom. The number of nitrogens with zero attached hydrogens (tertiary/aromatic N) is 3. The van der Waals surface area contributed by atoms with E-state index in [1.54, 1.807) is 17.1 Å². The first kappa shape index (κ1) is 11.3. The molecule has 88 valence electrons. The molecule has 2 heterocycles. The van der Waals surface area contributed by atoms with Crippen molar-refractivity contribution >= 4 is 11.6 Å². The minimum atomic E-state index is -0.105. The Morgan fingerprint density at radius 2 is 2.18 bits per heavy atom. The van der Waals surface area contributed by atoms with Crippen molar-refractivity contribution in [3.63, 3.8) is 0 Å². The first-order valence-corrected chi connectivity index (χ1v) is 5.29. The van der Waals surface area contributed by atoms with Crippen LogP contribution >= 0.6 is 0 Å². The summed E-state index contributed by atoms with van der Waals surface area (Å²) in [5, 5.41) is 6.99. The van der Waals surface area contributed by atoms with E-state index in [0.29, 0.717) is 5.69 Å². The highest BCUT2D eigenvalue weighted by molar-refractivity contribution is 5.89. The summed E-state index contributed by atoms with van der Waals surface area (Å²) >= 11 is 0. The number of amides is 1. The molecule has 0 saturated heterocycles. The van der Waals surface area contributed by atoms with E-state index < -0.39 is 0 Å². The van der Waals surface area contributed by atoms with Crippen molar-refractivity contribution in [3.8, 4) is 11.1 Å². The van der Waals surface area contributed by atoms with Crippen LogP contribution in [0.5, 0.6) is 0 Å². The van der Waals surface area contributed by atoms with Crippen molar-refractivity contribution in [1.82, 2.24) is 14.8 Å². The molecule has 0 aliphatic carbocycles. The van der Waals surface area contributed by atoms with E-state index in [9.17, 15) is 4.79 Å². The van der Waals surface area contributed by atoms with E-state index in [1.807, 2.05) is 26.2 Å². The molecule has 0 aromatic carbocycles. The van der Waals surface area contributed by atoms with Crippen molar-refractivity contribution in [3.05, 3.63) is 30.4 Å². The smallest absolute Gasteiger partial charge is 0.221 e. The van der Waals surface area contributed by atoms with Gasteiger partial charge in [0.15, 0.2) is 0 Å². The Balaban J connectivity index is 2.39. The van der Waals surface area contributed by atoms with Crippen LogP contribution in [0.15, 0.2) is 24.7 Å². The van der Waals surface area contributed by atoms with Gasteiger partial charge in [0, 0.05) is 37.5 Å². The summed E-state index contributed by atoms with van der Waals surface area (Å²) in [6, 6.07) is 1.89. The van der Waals surface area contributed by atoms with Crippen molar-refractivity contribution in [2.45, 2.75) is 13.8 Å². The zero-order valence-corrected chi connectivity index (χ0v) is 10.1. The summed E-state index contributed by atoms with van der Waals surface area (Å²) in [4.78, 5) is 15.1. The van der Waals surface area contributed by atoms with E-state index >= 15 is 0 Å². The summed E-state index contributed by atoms with van der Waals surface area (Å²) in [5.74, 6) is -0.105. The molecule has 0 aliphatic heterocycles. The molecular weight excluding hydrogens is 216 g/mol. The molecule has 0 unspecified atom stereocenters. The molecule has 2 aromatic heterocycles. The number of carbonyl (C=O) groups excluding carboxylic acids is 1.